The highest BCUT2D eigenvalue weighted by Gasteiger charge is 2.26. The minimum atomic E-state index is -2.98. The molecule has 0 saturated heterocycles. The molecule has 26 heavy (non-hydrogen) atoms. The van der Waals surface area contributed by atoms with E-state index in [2.05, 4.69) is 5.10 Å². The van der Waals surface area contributed by atoms with Crippen molar-refractivity contribution in [1.29, 1.82) is 5.26 Å². The van der Waals surface area contributed by atoms with Crippen LogP contribution in [0.3, 0.4) is 0 Å². The molecule has 1 atom stereocenters. The van der Waals surface area contributed by atoms with Crippen LogP contribution >= 0.6 is 0 Å². The van der Waals surface area contributed by atoms with Crippen molar-refractivity contribution in [2.24, 2.45) is 0 Å². The second kappa shape index (κ2) is 7.11. The SMILES string of the molecule is N#Cc1c(C(F)F)nn(-c2ccc(S(=O)O)cc2)c1-c1ccc(F)cc1. The normalized spacial score (nSPS) is 12.2. The van der Waals surface area contributed by atoms with Gasteiger partial charge in [-0.3, -0.25) is 0 Å². The molecule has 9 heteroatoms. The van der Waals surface area contributed by atoms with Crippen LogP contribution in [0.2, 0.25) is 0 Å². The van der Waals surface area contributed by atoms with Crippen LogP contribution in [0.15, 0.2) is 53.4 Å². The number of benzene rings is 2. The predicted octanol–water partition coefficient (Wildman–Crippen LogP) is 4.07. The average Bonchev–Trinajstić information content (AvgIpc) is 3.02. The molecule has 3 aromatic rings. The highest BCUT2D eigenvalue weighted by atomic mass is 32.2. The molecule has 1 N–H and O–H groups in total. The van der Waals surface area contributed by atoms with Gasteiger partial charge in [0.2, 0.25) is 0 Å². The summed E-state index contributed by atoms with van der Waals surface area (Å²) in [6.07, 6.45) is -2.98. The maximum atomic E-state index is 13.3. The summed E-state index contributed by atoms with van der Waals surface area (Å²) < 4.78 is 61.1. The molecular weight excluding hydrogens is 367 g/mol. The van der Waals surface area contributed by atoms with Crippen molar-refractivity contribution in [2.45, 2.75) is 11.3 Å². The first kappa shape index (κ1) is 17.8. The largest absolute Gasteiger partial charge is 0.302 e. The summed E-state index contributed by atoms with van der Waals surface area (Å²) in [6.45, 7) is 0. The zero-order valence-electron chi connectivity index (χ0n) is 12.9. The highest BCUT2D eigenvalue weighted by Crippen LogP contribution is 2.33. The predicted molar refractivity (Wildman–Crippen MR) is 87.7 cm³/mol. The Morgan fingerprint density at radius 2 is 1.73 bits per heavy atom. The number of halogens is 3. The van der Waals surface area contributed by atoms with Crippen LogP contribution in [-0.2, 0) is 11.1 Å². The molecule has 1 aromatic heterocycles. The van der Waals surface area contributed by atoms with Crippen molar-refractivity contribution >= 4 is 11.1 Å². The summed E-state index contributed by atoms with van der Waals surface area (Å²) in [5.74, 6) is -0.512. The molecule has 1 heterocycles. The fourth-order valence-corrected chi connectivity index (χ4v) is 2.83. The fraction of sp³-hybridized carbons (Fsp3) is 0.0588. The molecule has 132 valence electrons. The molecule has 0 fully saturated rings. The third kappa shape index (κ3) is 3.24. The fourth-order valence-electron chi connectivity index (χ4n) is 2.46. The first-order chi connectivity index (χ1) is 12.4. The molecule has 0 spiro atoms. The zero-order valence-corrected chi connectivity index (χ0v) is 13.8. The molecule has 3 rings (SSSR count). The molecule has 0 saturated carbocycles. The maximum Gasteiger partial charge on any atom is 0.283 e. The van der Waals surface area contributed by atoms with Crippen molar-refractivity contribution in [3.8, 4) is 23.0 Å². The van der Waals surface area contributed by atoms with Crippen LogP contribution in [0, 0.1) is 17.1 Å². The van der Waals surface area contributed by atoms with Gasteiger partial charge in [0.15, 0.2) is 11.1 Å². The van der Waals surface area contributed by atoms with E-state index in [0.717, 1.165) is 16.8 Å². The van der Waals surface area contributed by atoms with Gasteiger partial charge < -0.3 is 4.55 Å². The van der Waals surface area contributed by atoms with Gasteiger partial charge >= 0.3 is 0 Å². The first-order valence-corrected chi connectivity index (χ1v) is 8.31. The van der Waals surface area contributed by atoms with E-state index < -0.39 is 29.0 Å². The van der Waals surface area contributed by atoms with Gasteiger partial charge in [0, 0.05) is 5.56 Å². The van der Waals surface area contributed by atoms with Crippen molar-refractivity contribution in [3.05, 3.63) is 65.6 Å². The second-order valence-electron chi connectivity index (χ2n) is 5.18. The quantitative estimate of drug-likeness (QED) is 0.695. The van der Waals surface area contributed by atoms with Crippen LogP contribution in [0.25, 0.3) is 16.9 Å². The van der Waals surface area contributed by atoms with Gasteiger partial charge in [0.1, 0.15) is 23.1 Å². The topological polar surface area (TPSA) is 78.9 Å². The van der Waals surface area contributed by atoms with E-state index in [1.54, 1.807) is 6.07 Å². The Morgan fingerprint density at radius 1 is 1.12 bits per heavy atom. The smallest absolute Gasteiger partial charge is 0.283 e. The van der Waals surface area contributed by atoms with E-state index in [1.807, 2.05) is 0 Å². The molecule has 1 unspecified atom stereocenters. The second-order valence-corrected chi connectivity index (χ2v) is 6.15. The third-order valence-corrected chi connectivity index (χ3v) is 4.31. The molecule has 0 amide bonds. The van der Waals surface area contributed by atoms with Crippen molar-refractivity contribution in [1.82, 2.24) is 9.78 Å². The van der Waals surface area contributed by atoms with Gasteiger partial charge in [-0.15, -0.1) is 0 Å². The molecule has 0 aliphatic rings. The number of nitrogens with zero attached hydrogens (tertiary/aromatic N) is 3. The van der Waals surface area contributed by atoms with E-state index in [4.69, 9.17) is 4.55 Å². The number of hydrogen-bond donors (Lipinski definition) is 1. The van der Waals surface area contributed by atoms with Crippen molar-refractivity contribution in [2.75, 3.05) is 0 Å². The minimum Gasteiger partial charge on any atom is -0.302 e. The Hall–Kier alpha value is -2.96. The van der Waals surface area contributed by atoms with E-state index in [-0.39, 0.29) is 16.2 Å². The number of rotatable bonds is 4. The molecule has 0 aliphatic carbocycles. The molecule has 2 aromatic carbocycles. The van der Waals surface area contributed by atoms with E-state index in [1.165, 1.54) is 36.4 Å². The summed E-state index contributed by atoms with van der Waals surface area (Å²) in [5, 5.41) is 13.2. The van der Waals surface area contributed by atoms with Crippen LogP contribution in [-0.4, -0.2) is 18.5 Å². The molecule has 0 bridgehead atoms. The highest BCUT2D eigenvalue weighted by molar-refractivity contribution is 7.79. The monoisotopic (exact) mass is 377 g/mol. The Labute approximate surface area is 148 Å². The van der Waals surface area contributed by atoms with Gasteiger partial charge in [-0.1, -0.05) is 0 Å². The van der Waals surface area contributed by atoms with Crippen molar-refractivity contribution < 1.29 is 21.9 Å². The third-order valence-electron chi connectivity index (χ3n) is 3.63. The lowest BCUT2D eigenvalue weighted by Crippen LogP contribution is -2.01. The Kier molecular flexibility index (Phi) is 4.88. The number of nitriles is 1. The standard InChI is InChI=1S/C17H10F3N3O2S/c18-11-3-1-10(2-4-11)16-14(9-21)15(17(19)20)22-23(16)12-5-7-13(8-6-12)26(24)25/h1-8,17H,(H,24,25). The van der Waals surface area contributed by atoms with Gasteiger partial charge in [-0.05, 0) is 48.5 Å². The van der Waals surface area contributed by atoms with Gasteiger partial charge in [-0.2, -0.15) is 10.4 Å². The zero-order chi connectivity index (χ0) is 18.8. The lowest BCUT2D eigenvalue weighted by atomic mass is 10.1. The number of hydrogen-bond acceptors (Lipinski definition) is 3. The minimum absolute atomic E-state index is 0.0840. The first-order valence-electron chi connectivity index (χ1n) is 7.20. The number of aromatic nitrogens is 2. The number of alkyl halides is 2. The summed E-state index contributed by atoms with van der Waals surface area (Å²) in [6, 6.07) is 12.3. The molecule has 0 radical (unpaired) electrons. The Morgan fingerprint density at radius 3 is 2.23 bits per heavy atom. The summed E-state index contributed by atoms with van der Waals surface area (Å²) in [5.41, 5.74) is -0.289. The van der Waals surface area contributed by atoms with Crippen LogP contribution < -0.4 is 0 Å². The summed E-state index contributed by atoms with van der Waals surface area (Å²) >= 11 is -2.19. The average molecular weight is 377 g/mol. The molecule has 5 nitrogen and oxygen atoms in total. The van der Waals surface area contributed by atoms with E-state index in [9.17, 15) is 22.6 Å². The van der Waals surface area contributed by atoms with E-state index >= 15 is 0 Å². The van der Waals surface area contributed by atoms with Gasteiger partial charge in [0.05, 0.1) is 16.3 Å². The van der Waals surface area contributed by atoms with Crippen molar-refractivity contribution in [3.63, 3.8) is 0 Å². The maximum absolute atomic E-state index is 13.3. The Balaban J connectivity index is 2.25. The Bertz CT molecular complexity index is 1010. The lowest BCUT2D eigenvalue weighted by molar-refractivity contribution is 0.145. The molecule has 0 aliphatic heterocycles. The van der Waals surface area contributed by atoms with Gasteiger partial charge in [0.25, 0.3) is 6.43 Å². The van der Waals surface area contributed by atoms with E-state index in [0.29, 0.717) is 11.3 Å². The summed E-state index contributed by atoms with van der Waals surface area (Å²) in [4.78, 5) is 0.124. The summed E-state index contributed by atoms with van der Waals surface area (Å²) in [7, 11) is 0. The molecular formula is C17H10F3N3O2S. The van der Waals surface area contributed by atoms with Gasteiger partial charge in [-0.25, -0.2) is 22.1 Å². The van der Waals surface area contributed by atoms with Crippen LogP contribution in [0.4, 0.5) is 13.2 Å². The van der Waals surface area contributed by atoms with Crippen LogP contribution in [0.1, 0.15) is 17.7 Å². The van der Waals surface area contributed by atoms with Crippen LogP contribution in [0.5, 0.6) is 0 Å². The lowest BCUT2D eigenvalue weighted by Gasteiger charge is -2.08.